The molecule has 2 aromatic carbocycles. The summed E-state index contributed by atoms with van der Waals surface area (Å²) in [5, 5.41) is 2.37. The monoisotopic (exact) mass is 272 g/mol. The molecule has 0 bridgehead atoms. The molecule has 0 amide bonds. The van der Waals surface area contributed by atoms with E-state index in [4.69, 9.17) is 0 Å². The largest absolute Gasteiger partial charge is 0.296 e. The van der Waals surface area contributed by atoms with Gasteiger partial charge in [0.05, 0.1) is 11.0 Å². The third-order valence-electron chi connectivity index (χ3n) is 3.69. The maximum absolute atomic E-state index is 11.0. The number of aldehydes is 1. The van der Waals surface area contributed by atoms with Gasteiger partial charge in [0.1, 0.15) is 11.5 Å². The normalized spacial score (nSPS) is 11.0. The Kier molecular flexibility index (Phi) is 2.57. The first-order valence-corrected chi connectivity index (χ1v) is 6.79. The highest BCUT2D eigenvalue weighted by Crippen LogP contribution is 2.30. The van der Waals surface area contributed by atoms with Crippen molar-refractivity contribution in [3.8, 4) is 5.82 Å². The van der Waals surface area contributed by atoms with Gasteiger partial charge in [-0.2, -0.15) is 0 Å². The zero-order chi connectivity index (χ0) is 14.2. The number of fused-ring (bicyclic) bond motifs is 3. The Bertz CT molecular complexity index is 916. The second-order valence-corrected chi connectivity index (χ2v) is 4.91. The van der Waals surface area contributed by atoms with Crippen LogP contribution in [0, 0.1) is 0 Å². The van der Waals surface area contributed by atoms with Crippen LogP contribution in [0.4, 0.5) is 0 Å². The Labute approximate surface area is 121 Å². The molecule has 4 aromatic rings. The Morgan fingerprint density at radius 3 is 2.00 bits per heavy atom. The van der Waals surface area contributed by atoms with Crippen LogP contribution in [0.15, 0.2) is 66.7 Å². The molecule has 21 heavy (non-hydrogen) atoms. The van der Waals surface area contributed by atoms with Crippen LogP contribution in [-0.4, -0.2) is 15.8 Å². The third-order valence-corrected chi connectivity index (χ3v) is 3.69. The van der Waals surface area contributed by atoms with Crippen molar-refractivity contribution in [3.63, 3.8) is 0 Å². The maximum atomic E-state index is 11.0. The van der Waals surface area contributed by atoms with Crippen molar-refractivity contribution in [2.75, 3.05) is 0 Å². The molecule has 2 aromatic heterocycles. The van der Waals surface area contributed by atoms with E-state index in [1.54, 1.807) is 6.07 Å². The van der Waals surface area contributed by atoms with Gasteiger partial charge < -0.3 is 0 Å². The maximum Gasteiger partial charge on any atom is 0.168 e. The summed E-state index contributed by atoms with van der Waals surface area (Å²) in [6.07, 6.45) is 0.775. The summed E-state index contributed by atoms with van der Waals surface area (Å²) in [4.78, 5) is 15.4. The van der Waals surface area contributed by atoms with E-state index in [2.05, 4.69) is 33.8 Å². The van der Waals surface area contributed by atoms with Gasteiger partial charge in [0.15, 0.2) is 6.29 Å². The summed E-state index contributed by atoms with van der Waals surface area (Å²) in [6, 6.07) is 22.0. The molecule has 0 radical (unpaired) electrons. The first-order valence-electron chi connectivity index (χ1n) is 6.79. The number of benzene rings is 2. The lowest BCUT2D eigenvalue weighted by Crippen LogP contribution is -1.99. The van der Waals surface area contributed by atoms with E-state index in [0.717, 1.165) is 23.1 Å². The van der Waals surface area contributed by atoms with Gasteiger partial charge >= 0.3 is 0 Å². The molecule has 0 saturated carbocycles. The summed E-state index contributed by atoms with van der Waals surface area (Å²) in [6.45, 7) is 0. The summed E-state index contributed by atoms with van der Waals surface area (Å²) in [5.41, 5.74) is 2.62. The highest BCUT2D eigenvalue weighted by Gasteiger charge is 2.11. The molecular weight excluding hydrogens is 260 g/mol. The van der Waals surface area contributed by atoms with E-state index in [1.165, 1.54) is 10.8 Å². The average molecular weight is 272 g/mol. The fourth-order valence-electron chi connectivity index (χ4n) is 2.80. The average Bonchev–Trinajstić information content (AvgIpc) is 2.89. The van der Waals surface area contributed by atoms with Crippen molar-refractivity contribution >= 4 is 28.1 Å². The van der Waals surface area contributed by atoms with Crippen molar-refractivity contribution in [2.45, 2.75) is 0 Å². The zero-order valence-electron chi connectivity index (χ0n) is 11.2. The lowest BCUT2D eigenvalue weighted by Gasteiger charge is -2.06. The van der Waals surface area contributed by atoms with E-state index in [9.17, 15) is 4.79 Å². The number of rotatable bonds is 2. The molecule has 4 rings (SSSR count). The van der Waals surface area contributed by atoms with Gasteiger partial charge in [0.25, 0.3) is 0 Å². The highest BCUT2D eigenvalue weighted by atomic mass is 16.1. The van der Waals surface area contributed by atoms with Crippen LogP contribution < -0.4 is 0 Å². The van der Waals surface area contributed by atoms with E-state index in [0.29, 0.717) is 5.69 Å². The van der Waals surface area contributed by atoms with Crippen molar-refractivity contribution in [1.29, 1.82) is 0 Å². The lowest BCUT2D eigenvalue weighted by atomic mass is 10.2. The molecule has 0 N–H and O–H groups in total. The Morgan fingerprint density at radius 2 is 1.38 bits per heavy atom. The summed E-state index contributed by atoms with van der Waals surface area (Å²) in [7, 11) is 0. The molecule has 0 unspecified atom stereocenters. The minimum absolute atomic E-state index is 0.439. The first kappa shape index (κ1) is 11.9. The lowest BCUT2D eigenvalue weighted by molar-refractivity contribution is 0.111. The fraction of sp³-hybridized carbons (Fsp3) is 0. The second-order valence-electron chi connectivity index (χ2n) is 4.91. The molecule has 3 nitrogen and oxygen atoms in total. The topological polar surface area (TPSA) is 34.9 Å². The van der Waals surface area contributed by atoms with Crippen LogP contribution in [0.2, 0.25) is 0 Å². The molecule has 0 saturated heterocycles. The number of hydrogen-bond donors (Lipinski definition) is 0. The summed E-state index contributed by atoms with van der Waals surface area (Å²) < 4.78 is 2.09. The van der Waals surface area contributed by atoms with Crippen LogP contribution in [0.5, 0.6) is 0 Å². The Morgan fingerprint density at radius 1 is 0.762 bits per heavy atom. The highest BCUT2D eigenvalue weighted by molar-refractivity contribution is 6.09. The molecule has 100 valence electrons. The third kappa shape index (κ3) is 1.75. The molecule has 2 heterocycles. The fourth-order valence-corrected chi connectivity index (χ4v) is 2.80. The van der Waals surface area contributed by atoms with Crippen LogP contribution in [0.1, 0.15) is 10.5 Å². The molecule has 0 aliphatic heterocycles. The predicted octanol–water partition coefficient (Wildman–Crippen LogP) is 3.99. The van der Waals surface area contributed by atoms with E-state index < -0.39 is 0 Å². The number of para-hydroxylation sites is 2. The van der Waals surface area contributed by atoms with E-state index in [1.807, 2.05) is 36.4 Å². The molecule has 0 atom stereocenters. The number of carbonyl (C=O) groups is 1. The number of aromatic nitrogens is 2. The van der Waals surface area contributed by atoms with E-state index in [-0.39, 0.29) is 0 Å². The van der Waals surface area contributed by atoms with Gasteiger partial charge in [-0.3, -0.25) is 9.36 Å². The van der Waals surface area contributed by atoms with Crippen LogP contribution in [0.3, 0.4) is 0 Å². The van der Waals surface area contributed by atoms with Gasteiger partial charge in [-0.05, 0) is 24.3 Å². The van der Waals surface area contributed by atoms with Crippen molar-refractivity contribution < 1.29 is 4.79 Å². The number of hydrogen-bond acceptors (Lipinski definition) is 2. The number of pyridine rings is 1. The van der Waals surface area contributed by atoms with E-state index >= 15 is 0 Å². The predicted molar refractivity (Wildman–Crippen MR) is 84.0 cm³/mol. The minimum Gasteiger partial charge on any atom is -0.296 e. The van der Waals surface area contributed by atoms with Crippen LogP contribution in [0.25, 0.3) is 27.6 Å². The summed E-state index contributed by atoms with van der Waals surface area (Å²) in [5.74, 6) is 0.761. The van der Waals surface area contributed by atoms with Crippen LogP contribution >= 0.6 is 0 Å². The Balaban J connectivity index is 2.17. The minimum atomic E-state index is 0.439. The second kappa shape index (κ2) is 4.56. The Hall–Kier alpha value is -2.94. The van der Waals surface area contributed by atoms with Gasteiger partial charge in [0.2, 0.25) is 0 Å². The molecule has 0 spiro atoms. The first-order chi connectivity index (χ1) is 10.4. The zero-order valence-corrected chi connectivity index (χ0v) is 11.2. The molecule has 0 aliphatic rings. The van der Waals surface area contributed by atoms with Crippen molar-refractivity contribution in [1.82, 2.24) is 9.55 Å². The number of carbonyl (C=O) groups excluding carboxylic acids is 1. The molecule has 0 aliphatic carbocycles. The van der Waals surface area contributed by atoms with Gasteiger partial charge in [-0.15, -0.1) is 0 Å². The van der Waals surface area contributed by atoms with Crippen molar-refractivity contribution in [2.24, 2.45) is 0 Å². The van der Waals surface area contributed by atoms with Gasteiger partial charge in [-0.1, -0.05) is 42.5 Å². The SMILES string of the molecule is O=Cc1cccc(-n2c3ccccc3c3ccccc32)n1. The smallest absolute Gasteiger partial charge is 0.168 e. The molecule has 3 heteroatoms. The van der Waals surface area contributed by atoms with Crippen LogP contribution in [-0.2, 0) is 0 Å². The van der Waals surface area contributed by atoms with Gasteiger partial charge in [-0.25, -0.2) is 4.98 Å². The van der Waals surface area contributed by atoms with Gasteiger partial charge in [0, 0.05) is 10.8 Å². The molecular formula is C18H12N2O. The summed E-state index contributed by atoms with van der Waals surface area (Å²) >= 11 is 0. The standard InChI is InChI=1S/C18H12N2O/c21-12-13-6-5-11-18(19-13)20-16-9-3-1-7-14(16)15-8-2-4-10-17(15)20/h1-12H. The quantitative estimate of drug-likeness (QED) is 0.517. The number of nitrogens with zero attached hydrogens (tertiary/aromatic N) is 2. The molecule has 0 fully saturated rings. The van der Waals surface area contributed by atoms with Crippen molar-refractivity contribution in [3.05, 3.63) is 72.4 Å².